The van der Waals surface area contributed by atoms with E-state index in [4.69, 9.17) is 5.11 Å². The highest BCUT2D eigenvalue weighted by Crippen LogP contribution is 2.19. The van der Waals surface area contributed by atoms with Gasteiger partial charge in [-0.25, -0.2) is 4.39 Å². The van der Waals surface area contributed by atoms with Gasteiger partial charge in [0.2, 0.25) is 0 Å². The molecule has 1 amide bonds. The molecule has 0 radical (unpaired) electrons. The van der Waals surface area contributed by atoms with Crippen LogP contribution in [0.15, 0.2) is 35.7 Å². The largest absolute Gasteiger partial charge is 0.384 e. The summed E-state index contributed by atoms with van der Waals surface area (Å²) in [6.07, 6.45) is 0. The van der Waals surface area contributed by atoms with Gasteiger partial charge in [-0.2, -0.15) is 0 Å². The van der Waals surface area contributed by atoms with Gasteiger partial charge in [-0.3, -0.25) is 4.79 Å². The third-order valence-electron chi connectivity index (χ3n) is 2.87. The van der Waals surface area contributed by atoms with E-state index in [9.17, 15) is 9.18 Å². The van der Waals surface area contributed by atoms with E-state index in [0.29, 0.717) is 16.0 Å². The van der Waals surface area contributed by atoms with E-state index in [-0.39, 0.29) is 24.9 Å². The fourth-order valence-electron chi connectivity index (χ4n) is 1.84. The fourth-order valence-corrected chi connectivity index (χ4v) is 2.68. The van der Waals surface area contributed by atoms with E-state index in [2.05, 4.69) is 11.8 Å². The summed E-state index contributed by atoms with van der Waals surface area (Å²) in [6.45, 7) is -0.0647. The molecule has 0 saturated heterocycles. The Morgan fingerprint density at radius 1 is 1.38 bits per heavy atom. The molecule has 1 aromatic carbocycles. The van der Waals surface area contributed by atoms with Crippen LogP contribution < -0.4 is 0 Å². The van der Waals surface area contributed by atoms with Gasteiger partial charge < -0.3 is 10.0 Å². The van der Waals surface area contributed by atoms with E-state index in [1.54, 1.807) is 36.7 Å². The summed E-state index contributed by atoms with van der Waals surface area (Å²) in [5.41, 5.74) is 1.05. The van der Waals surface area contributed by atoms with Crippen LogP contribution in [0.5, 0.6) is 0 Å². The maximum Gasteiger partial charge on any atom is 0.265 e. The molecule has 1 aromatic heterocycles. The highest BCUT2D eigenvalue weighted by molar-refractivity contribution is 7.12. The first kappa shape index (κ1) is 15.2. The van der Waals surface area contributed by atoms with E-state index in [1.165, 1.54) is 22.3 Å². The molecule has 0 aliphatic carbocycles. The molecule has 0 aliphatic heterocycles. The second kappa shape index (κ2) is 7.02. The van der Waals surface area contributed by atoms with Gasteiger partial charge in [0, 0.05) is 24.7 Å². The lowest BCUT2D eigenvalue weighted by Crippen LogP contribution is -2.26. The first-order valence-corrected chi connectivity index (χ1v) is 7.17. The standard InChI is InChI=1S/C16H14FNO2S/c1-18(11-13-5-2-3-7-14(13)17)16(20)15-12(6-4-9-19)8-10-21-15/h2-3,5,7-8,10,19H,9,11H2,1H3. The number of aliphatic hydroxyl groups excluding tert-OH is 1. The van der Waals surface area contributed by atoms with Gasteiger partial charge in [-0.15, -0.1) is 11.3 Å². The number of aliphatic hydroxyl groups is 1. The van der Waals surface area contributed by atoms with E-state index in [1.807, 2.05) is 0 Å². The molecule has 5 heteroatoms. The average molecular weight is 303 g/mol. The fraction of sp³-hybridized carbons (Fsp3) is 0.188. The zero-order valence-corrected chi connectivity index (χ0v) is 12.3. The van der Waals surface area contributed by atoms with Crippen LogP contribution in [0, 0.1) is 17.7 Å². The molecule has 0 atom stereocenters. The average Bonchev–Trinajstić information content (AvgIpc) is 2.95. The quantitative estimate of drug-likeness (QED) is 0.885. The molecule has 0 unspecified atom stereocenters. The molecule has 1 heterocycles. The molecule has 2 aromatic rings. The number of nitrogens with zero attached hydrogens (tertiary/aromatic N) is 1. The number of thiophene rings is 1. The Morgan fingerprint density at radius 3 is 2.86 bits per heavy atom. The lowest BCUT2D eigenvalue weighted by molar-refractivity contribution is 0.0788. The van der Waals surface area contributed by atoms with Gasteiger partial charge in [0.05, 0.1) is 0 Å². The monoisotopic (exact) mass is 303 g/mol. The highest BCUT2D eigenvalue weighted by atomic mass is 32.1. The Kier molecular flexibility index (Phi) is 5.09. The topological polar surface area (TPSA) is 40.5 Å². The number of halogens is 1. The second-order valence-electron chi connectivity index (χ2n) is 4.38. The summed E-state index contributed by atoms with van der Waals surface area (Å²) in [7, 11) is 1.62. The molecule has 0 fully saturated rings. The normalized spacial score (nSPS) is 9.86. The molecule has 0 spiro atoms. The summed E-state index contributed by atoms with van der Waals surface area (Å²) >= 11 is 1.28. The van der Waals surface area contributed by atoms with Crippen LogP contribution in [0.25, 0.3) is 0 Å². The molecular formula is C16H14FNO2S. The number of carbonyl (C=O) groups excluding carboxylic acids is 1. The molecule has 0 saturated carbocycles. The van der Waals surface area contributed by atoms with Crippen LogP contribution in [0.2, 0.25) is 0 Å². The zero-order valence-electron chi connectivity index (χ0n) is 11.5. The number of hydrogen-bond donors (Lipinski definition) is 1. The predicted molar refractivity (Wildman–Crippen MR) is 80.5 cm³/mol. The highest BCUT2D eigenvalue weighted by Gasteiger charge is 2.17. The van der Waals surface area contributed by atoms with Crippen LogP contribution in [0.4, 0.5) is 4.39 Å². The third-order valence-corrected chi connectivity index (χ3v) is 3.78. The summed E-state index contributed by atoms with van der Waals surface area (Å²) in [5.74, 6) is 4.73. The lowest BCUT2D eigenvalue weighted by atomic mass is 10.2. The lowest BCUT2D eigenvalue weighted by Gasteiger charge is -2.17. The SMILES string of the molecule is CN(Cc1ccccc1F)C(=O)c1sccc1C#CCO. The van der Waals surface area contributed by atoms with Crippen molar-refractivity contribution in [3.8, 4) is 11.8 Å². The van der Waals surface area contributed by atoms with Crippen molar-refractivity contribution in [2.75, 3.05) is 13.7 Å². The Hall–Kier alpha value is -2.16. The Balaban J connectivity index is 2.17. The minimum Gasteiger partial charge on any atom is -0.384 e. The Labute approximate surface area is 126 Å². The van der Waals surface area contributed by atoms with Crippen molar-refractivity contribution in [3.05, 3.63) is 57.5 Å². The van der Waals surface area contributed by atoms with Crippen molar-refractivity contribution in [2.45, 2.75) is 6.54 Å². The number of carbonyl (C=O) groups is 1. The van der Waals surface area contributed by atoms with Crippen LogP contribution >= 0.6 is 11.3 Å². The molecule has 3 nitrogen and oxygen atoms in total. The predicted octanol–water partition coefficient (Wildman–Crippen LogP) is 2.50. The Bertz CT molecular complexity index is 700. The van der Waals surface area contributed by atoms with Gasteiger partial charge in [-0.1, -0.05) is 30.0 Å². The first-order chi connectivity index (χ1) is 10.1. The van der Waals surface area contributed by atoms with E-state index < -0.39 is 0 Å². The van der Waals surface area contributed by atoms with E-state index in [0.717, 1.165) is 0 Å². The van der Waals surface area contributed by atoms with Crippen LogP contribution in [0.3, 0.4) is 0 Å². The Morgan fingerprint density at radius 2 is 2.14 bits per heavy atom. The van der Waals surface area contributed by atoms with Crippen molar-refractivity contribution < 1.29 is 14.3 Å². The minimum absolute atomic E-state index is 0.191. The maximum atomic E-state index is 13.6. The molecule has 1 N–H and O–H groups in total. The second-order valence-corrected chi connectivity index (χ2v) is 5.29. The third kappa shape index (κ3) is 3.69. The van der Waals surface area contributed by atoms with Gasteiger partial charge in [0.15, 0.2) is 0 Å². The zero-order chi connectivity index (χ0) is 15.2. The van der Waals surface area contributed by atoms with Crippen LogP contribution in [-0.2, 0) is 6.54 Å². The van der Waals surface area contributed by atoms with Crippen LogP contribution in [-0.4, -0.2) is 29.6 Å². The molecule has 108 valence electrons. The number of hydrogen-bond acceptors (Lipinski definition) is 3. The first-order valence-electron chi connectivity index (χ1n) is 6.29. The van der Waals surface area contributed by atoms with Gasteiger partial charge in [0.25, 0.3) is 5.91 Å². The van der Waals surface area contributed by atoms with Gasteiger partial charge in [0.1, 0.15) is 17.3 Å². The summed E-state index contributed by atoms with van der Waals surface area (Å²) in [4.78, 5) is 14.3. The summed E-state index contributed by atoms with van der Waals surface area (Å²) in [5, 5.41) is 10.5. The van der Waals surface area contributed by atoms with Crippen molar-refractivity contribution in [3.63, 3.8) is 0 Å². The molecule has 0 aliphatic rings. The maximum absolute atomic E-state index is 13.6. The minimum atomic E-state index is -0.330. The number of rotatable bonds is 3. The van der Waals surface area contributed by atoms with Gasteiger partial charge in [-0.05, 0) is 17.5 Å². The summed E-state index contributed by atoms with van der Waals surface area (Å²) in [6, 6.07) is 8.11. The number of amides is 1. The molecular weight excluding hydrogens is 289 g/mol. The smallest absolute Gasteiger partial charge is 0.265 e. The molecule has 0 bridgehead atoms. The van der Waals surface area contributed by atoms with Crippen molar-refractivity contribution >= 4 is 17.2 Å². The molecule has 2 rings (SSSR count). The van der Waals surface area contributed by atoms with Gasteiger partial charge >= 0.3 is 0 Å². The molecule has 21 heavy (non-hydrogen) atoms. The van der Waals surface area contributed by atoms with Crippen molar-refractivity contribution in [2.24, 2.45) is 0 Å². The van der Waals surface area contributed by atoms with E-state index >= 15 is 0 Å². The number of benzene rings is 1. The van der Waals surface area contributed by atoms with Crippen molar-refractivity contribution in [1.29, 1.82) is 0 Å². The van der Waals surface area contributed by atoms with Crippen LogP contribution in [0.1, 0.15) is 20.8 Å². The summed E-state index contributed by atoms with van der Waals surface area (Å²) < 4.78 is 13.6. The van der Waals surface area contributed by atoms with Crippen molar-refractivity contribution in [1.82, 2.24) is 4.90 Å².